The lowest BCUT2D eigenvalue weighted by Gasteiger charge is -2.34. The van der Waals surface area contributed by atoms with Crippen LogP contribution in [0.1, 0.15) is 32.1 Å². The monoisotopic (exact) mass is 286 g/mol. The Labute approximate surface area is 117 Å². The van der Waals surface area contributed by atoms with Gasteiger partial charge in [0.15, 0.2) is 0 Å². The Morgan fingerprint density at radius 3 is 2.60 bits per heavy atom. The summed E-state index contributed by atoms with van der Waals surface area (Å²) >= 11 is 0. The maximum atomic E-state index is 12.1. The highest BCUT2D eigenvalue weighted by molar-refractivity contribution is 5.75. The molecular weight excluding hydrogens is 264 g/mol. The van der Waals surface area contributed by atoms with Crippen LogP contribution in [-0.4, -0.2) is 65.1 Å². The number of nitrogens with zero attached hydrogens (tertiary/aromatic N) is 1. The van der Waals surface area contributed by atoms with Gasteiger partial charge in [-0.25, -0.2) is 4.79 Å². The van der Waals surface area contributed by atoms with Crippen molar-refractivity contribution in [2.75, 3.05) is 19.7 Å². The molecular formula is C13H22N2O5. The van der Waals surface area contributed by atoms with Crippen LogP contribution in [0.3, 0.4) is 0 Å². The van der Waals surface area contributed by atoms with Crippen molar-refractivity contribution in [3.8, 4) is 0 Å². The molecule has 2 rings (SSSR count). The van der Waals surface area contributed by atoms with Crippen molar-refractivity contribution in [1.82, 2.24) is 10.2 Å². The number of nitrogens with one attached hydrogen (secondary N) is 1. The SMILES string of the molecule is O=C(O)CC1CN(C(=O)NC2CCC(O)CC2)CCO1. The number of carbonyl (C=O) groups is 2. The number of aliphatic carboxylic acids is 1. The molecule has 1 aliphatic carbocycles. The summed E-state index contributed by atoms with van der Waals surface area (Å²) in [6, 6.07) is -0.0586. The van der Waals surface area contributed by atoms with E-state index >= 15 is 0 Å². The molecule has 2 aliphatic rings. The molecule has 1 unspecified atom stereocenters. The van der Waals surface area contributed by atoms with Gasteiger partial charge in [-0.05, 0) is 25.7 Å². The van der Waals surface area contributed by atoms with Gasteiger partial charge in [0.05, 0.1) is 25.2 Å². The summed E-state index contributed by atoms with van der Waals surface area (Å²) in [5.74, 6) is -0.918. The molecule has 0 bridgehead atoms. The molecule has 0 aromatic heterocycles. The van der Waals surface area contributed by atoms with Gasteiger partial charge in [0.25, 0.3) is 0 Å². The van der Waals surface area contributed by atoms with Crippen molar-refractivity contribution in [2.24, 2.45) is 0 Å². The first-order valence-electron chi connectivity index (χ1n) is 7.11. The van der Waals surface area contributed by atoms with Gasteiger partial charge < -0.3 is 25.2 Å². The molecule has 2 amide bonds. The van der Waals surface area contributed by atoms with Crippen molar-refractivity contribution in [3.05, 3.63) is 0 Å². The van der Waals surface area contributed by atoms with Crippen molar-refractivity contribution in [1.29, 1.82) is 0 Å². The zero-order valence-electron chi connectivity index (χ0n) is 11.5. The van der Waals surface area contributed by atoms with Gasteiger partial charge in [0, 0.05) is 19.1 Å². The van der Waals surface area contributed by atoms with Crippen LogP contribution in [0.15, 0.2) is 0 Å². The highest BCUT2D eigenvalue weighted by atomic mass is 16.5. The van der Waals surface area contributed by atoms with Gasteiger partial charge in [-0.3, -0.25) is 4.79 Å². The number of carboxylic acid groups (broad SMARTS) is 1. The summed E-state index contributed by atoms with van der Waals surface area (Å²) < 4.78 is 5.34. The zero-order chi connectivity index (χ0) is 14.5. The Bertz CT molecular complexity index is 355. The largest absolute Gasteiger partial charge is 0.481 e. The van der Waals surface area contributed by atoms with Crippen LogP contribution in [0, 0.1) is 0 Å². The number of ether oxygens (including phenoxy) is 1. The fourth-order valence-corrected chi connectivity index (χ4v) is 2.71. The van der Waals surface area contributed by atoms with Gasteiger partial charge in [0.1, 0.15) is 0 Å². The first-order valence-corrected chi connectivity index (χ1v) is 7.11. The lowest BCUT2D eigenvalue weighted by Crippen LogP contribution is -2.52. The second kappa shape index (κ2) is 6.90. The molecule has 0 spiro atoms. The summed E-state index contributed by atoms with van der Waals surface area (Å²) in [6.45, 7) is 1.17. The number of hydrogen-bond acceptors (Lipinski definition) is 4. The Hall–Kier alpha value is -1.34. The predicted octanol–water partition coefficient (Wildman–Crippen LogP) is 0.175. The lowest BCUT2D eigenvalue weighted by molar-refractivity contribution is -0.141. The van der Waals surface area contributed by atoms with Gasteiger partial charge in [0.2, 0.25) is 0 Å². The zero-order valence-corrected chi connectivity index (χ0v) is 11.5. The first kappa shape index (κ1) is 15.1. The second-order valence-corrected chi connectivity index (χ2v) is 5.49. The van der Waals surface area contributed by atoms with Crippen LogP contribution in [0.25, 0.3) is 0 Å². The quantitative estimate of drug-likeness (QED) is 0.687. The fraction of sp³-hybridized carbons (Fsp3) is 0.846. The van der Waals surface area contributed by atoms with Crippen LogP contribution in [-0.2, 0) is 9.53 Å². The Morgan fingerprint density at radius 2 is 1.95 bits per heavy atom. The molecule has 7 heteroatoms. The highest BCUT2D eigenvalue weighted by Gasteiger charge is 2.28. The Balaban J connectivity index is 1.78. The number of aliphatic hydroxyl groups is 1. The summed E-state index contributed by atoms with van der Waals surface area (Å²) in [4.78, 5) is 24.4. The average Bonchev–Trinajstić information content (AvgIpc) is 2.41. The van der Waals surface area contributed by atoms with E-state index in [1.165, 1.54) is 0 Å². The van der Waals surface area contributed by atoms with Gasteiger partial charge in [-0.2, -0.15) is 0 Å². The smallest absolute Gasteiger partial charge is 0.317 e. The summed E-state index contributed by atoms with van der Waals surface area (Å²) in [5.41, 5.74) is 0. The molecule has 3 N–H and O–H groups in total. The van der Waals surface area contributed by atoms with Crippen molar-refractivity contribution < 1.29 is 24.5 Å². The maximum absolute atomic E-state index is 12.1. The van der Waals surface area contributed by atoms with E-state index in [2.05, 4.69) is 5.32 Å². The number of urea groups is 1. The van der Waals surface area contributed by atoms with E-state index in [1.54, 1.807) is 4.90 Å². The van der Waals surface area contributed by atoms with Crippen molar-refractivity contribution >= 4 is 12.0 Å². The third kappa shape index (κ3) is 4.35. The minimum atomic E-state index is -0.918. The summed E-state index contributed by atoms with van der Waals surface area (Å²) in [5, 5.41) is 21.1. The molecule has 1 heterocycles. The number of amides is 2. The number of morpholine rings is 1. The summed E-state index contributed by atoms with van der Waals surface area (Å²) in [6.07, 6.45) is 2.25. The van der Waals surface area contributed by atoms with Crippen molar-refractivity contribution in [3.63, 3.8) is 0 Å². The van der Waals surface area contributed by atoms with Crippen molar-refractivity contribution in [2.45, 2.75) is 50.4 Å². The molecule has 2 fully saturated rings. The third-order valence-corrected chi connectivity index (χ3v) is 3.85. The van der Waals surface area contributed by atoms with Crippen LogP contribution < -0.4 is 5.32 Å². The molecule has 20 heavy (non-hydrogen) atoms. The van der Waals surface area contributed by atoms with Gasteiger partial charge in [-0.1, -0.05) is 0 Å². The topological polar surface area (TPSA) is 99.1 Å². The van der Waals surface area contributed by atoms with E-state index < -0.39 is 12.1 Å². The molecule has 1 atom stereocenters. The molecule has 0 aromatic rings. The van der Waals surface area contributed by atoms with E-state index in [9.17, 15) is 14.7 Å². The van der Waals surface area contributed by atoms with E-state index in [4.69, 9.17) is 9.84 Å². The second-order valence-electron chi connectivity index (χ2n) is 5.49. The van der Waals surface area contributed by atoms with E-state index in [-0.39, 0.29) is 24.6 Å². The average molecular weight is 286 g/mol. The minimum absolute atomic E-state index is 0.0839. The molecule has 0 aromatic carbocycles. The van der Waals surface area contributed by atoms with E-state index in [0.29, 0.717) is 19.7 Å². The van der Waals surface area contributed by atoms with Gasteiger partial charge in [-0.15, -0.1) is 0 Å². The Morgan fingerprint density at radius 1 is 1.25 bits per heavy atom. The van der Waals surface area contributed by atoms with Crippen LogP contribution in [0.2, 0.25) is 0 Å². The number of hydrogen-bond donors (Lipinski definition) is 3. The van der Waals surface area contributed by atoms with Gasteiger partial charge >= 0.3 is 12.0 Å². The van der Waals surface area contributed by atoms with Crippen LogP contribution >= 0.6 is 0 Å². The maximum Gasteiger partial charge on any atom is 0.317 e. The highest BCUT2D eigenvalue weighted by Crippen LogP contribution is 2.19. The Kier molecular flexibility index (Phi) is 5.19. The predicted molar refractivity (Wildman–Crippen MR) is 70.4 cm³/mol. The number of rotatable bonds is 3. The van der Waals surface area contributed by atoms with Crippen LogP contribution in [0.4, 0.5) is 4.79 Å². The molecule has 1 saturated carbocycles. The lowest BCUT2D eigenvalue weighted by atomic mass is 9.93. The first-order chi connectivity index (χ1) is 9.54. The number of aliphatic hydroxyl groups excluding tert-OH is 1. The normalized spacial score (nSPS) is 30.9. The molecule has 1 aliphatic heterocycles. The molecule has 114 valence electrons. The summed E-state index contributed by atoms with van der Waals surface area (Å²) in [7, 11) is 0. The van der Waals surface area contributed by atoms with Crippen LogP contribution in [0.5, 0.6) is 0 Å². The number of carboxylic acids is 1. The third-order valence-electron chi connectivity index (χ3n) is 3.85. The molecule has 0 radical (unpaired) electrons. The van der Waals surface area contributed by atoms with E-state index in [0.717, 1.165) is 25.7 Å². The van der Waals surface area contributed by atoms with E-state index in [1.807, 2.05) is 0 Å². The fourth-order valence-electron chi connectivity index (χ4n) is 2.71. The molecule has 1 saturated heterocycles. The number of carbonyl (C=O) groups excluding carboxylic acids is 1. The standard InChI is InChI=1S/C13H22N2O5/c16-10-3-1-9(2-4-10)14-13(19)15-5-6-20-11(8-15)7-12(17)18/h9-11,16H,1-8H2,(H,14,19)(H,17,18). The minimum Gasteiger partial charge on any atom is -0.481 e. The molecule has 7 nitrogen and oxygen atoms in total.